The summed E-state index contributed by atoms with van der Waals surface area (Å²) in [6.45, 7) is 8.82. The van der Waals surface area contributed by atoms with E-state index in [-0.39, 0.29) is 6.04 Å². The van der Waals surface area contributed by atoms with E-state index >= 15 is 0 Å². The van der Waals surface area contributed by atoms with Gasteiger partial charge in [0.1, 0.15) is 0 Å². The standard InChI is InChI=1S/C15H25NS/c1-11(2)9-17-10-15(16)8-14-7-12(3)5-6-13(14)4/h5-7,11,15H,8-10,16H2,1-4H3. The van der Waals surface area contributed by atoms with Crippen LogP contribution in [0, 0.1) is 19.8 Å². The van der Waals surface area contributed by atoms with Crippen molar-refractivity contribution in [2.24, 2.45) is 11.7 Å². The van der Waals surface area contributed by atoms with Crippen LogP contribution in [0.1, 0.15) is 30.5 Å². The normalized spacial score (nSPS) is 13.1. The Bertz CT molecular complexity index is 347. The van der Waals surface area contributed by atoms with Gasteiger partial charge in [-0.2, -0.15) is 11.8 Å². The van der Waals surface area contributed by atoms with Crippen LogP contribution in [-0.4, -0.2) is 17.5 Å². The molecule has 1 aromatic rings. The predicted molar refractivity (Wildman–Crippen MR) is 79.8 cm³/mol. The first-order valence-electron chi connectivity index (χ1n) is 6.38. The molecule has 17 heavy (non-hydrogen) atoms. The lowest BCUT2D eigenvalue weighted by atomic mass is 10.00. The number of benzene rings is 1. The van der Waals surface area contributed by atoms with E-state index in [4.69, 9.17) is 5.73 Å². The van der Waals surface area contributed by atoms with Crippen LogP contribution in [-0.2, 0) is 6.42 Å². The highest BCUT2D eigenvalue weighted by molar-refractivity contribution is 7.99. The molecule has 1 unspecified atom stereocenters. The Morgan fingerprint density at radius 1 is 1.18 bits per heavy atom. The van der Waals surface area contributed by atoms with Gasteiger partial charge in [-0.3, -0.25) is 0 Å². The molecule has 1 aromatic carbocycles. The Hall–Kier alpha value is -0.470. The minimum atomic E-state index is 0.277. The predicted octanol–water partition coefficient (Wildman–Crippen LogP) is 3.56. The molecule has 0 aromatic heterocycles. The van der Waals surface area contributed by atoms with Crippen molar-refractivity contribution in [3.05, 3.63) is 34.9 Å². The van der Waals surface area contributed by atoms with Crippen LogP contribution in [0.25, 0.3) is 0 Å². The van der Waals surface area contributed by atoms with Gasteiger partial charge in [0, 0.05) is 11.8 Å². The molecule has 0 aliphatic rings. The summed E-state index contributed by atoms with van der Waals surface area (Å²) < 4.78 is 0. The van der Waals surface area contributed by atoms with Gasteiger partial charge in [0.25, 0.3) is 0 Å². The number of hydrogen-bond donors (Lipinski definition) is 1. The van der Waals surface area contributed by atoms with E-state index in [0.29, 0.717) is 0 Å². The highest BCUT2D eigenvalue weighted by Crippen LogP contribution is 2.15. The van der Waals surface area contributed by atoms with Crippen LogP contribution in [0.4, 0.5) is 0 Å². The molecule has 0 saturated carbocycles. The number of rotatable bonds is 6. The first kappa shape index (κ1) is 14.6. The van der Waals surface area contributed by atoms with Gasteiger partial charge in [-0.05, 0) is 43.1 Å². The minimum absolute atomic E-state index is 0.277. The van der Waals surface area contributed by atoms with E-state index in [1.54, 1.807) is 0 Å². The summed E-state index contributed by atoms with van der Waals surface area (Å²) in [4.78, 5) is 0. The summed E-state index contributed by atoms with van der Waals surface area (Å²) in [5.41, 5.74) is 10.3. The first-order valence-corrected chi connectivity index (χ1v) is 7.54. The second-order valence-corrected chi connectivity index (χ2v) is 6.40. The van der Waals surface area contributed by atoms with E-state index in [1.807, 2.05) is 11.8 Å². The van der Waals surface area contributed by atoms with E-state index in [9.17, 15) is 0 Å². The highest BCUT2D eigenvalue weighted by atomic mass is 32.2. The first-order chi connectivity index (χ1) is 7.99. The smallest absolute Gasteiger partial charge is 0.0171 e. The minimum Gasteiger partial charge on any atom is -0.327 e. The Kier molecular flexibility index (Phi) is 6.07. The zero-order valence-electron chi connectivity index (χ0n) is 11.5. The Morgan fingerprint density at radius 3 is 2.53 bits per heavy atom. The zero-order chi connectivity index (χ0) is 12.8. The second kappa shape index (κ2) is 7.07. The largest absolute Gasteiger partial charge is 0.327 e. The lowest BCUT2D eigenvalue weighted by Crippen LogP contribution is -2.26. The molecule has 0 fully saturated rings. The molecule has 1 rings (SSSR count). The molecule has 0 spiro atoms. The third-order valence-corrected chi connectivity index (χ3v) is 4.34. The van der Waals surface area contributed by atoms with Crippen molar-refractivity contribution in [2.75, 3.05) is 11.5 Å². The van der Waals surface area contributed by atoms with Crippen molar-refractivity contribution in [1.29, 1.82) is 0 Å². The number of nitrogens with two attached hydrogens (primary N) is 1. The Morgan fingerprint density at radius 2 is 1.88 bits per heavy atom. The fourth-order valence-electron chi connectivity index (χ4n) is 1.82. The topological polar surface area (TPSA) is 26.0 Å². The van der Waals surface area contributed by atoms with Gasteiger partial charge in [-0.1, -0.05) is 37.6 Å². The van der Waals surface area contributed by atoms with Crippen molar-refractivity contribution < 1.29 is 0 Å². The molecule has 1 nitrogen and oxygen atoms in total. The van der Waals surface area contributed by atoms with Crippen molar-refractivity contribution in [2.45, 2.75) is 40.2 Å². The zero-order valence-corrected chi connectivity index (χ0v) is 12.3. The van der Waals surface area contributed by atoms with Crippen LogP contribution in [0.15, 0.2) is 18.2 Å². The molecule has 2 heteroatoms. The van der Waals surface area contributed by atoms with Crippen LogP contribution >= 0.6 is 11.8 Å². The molecule has 1 atom stereocenters. The molecule has 0 aliphatic carbocycles. The van der Waals surface area contributed by atoms with Crippen LogP contribution < -0.4 is 5.73 Å². The quantitative estimate of drug-likeness (QED) is 0.836. The molecule has 0 aliphatic heterocycles. The van der Waals surface area contributed by atoms with E-state index in [0.717, 1.165) is 18.1 Å². The van der Waals surface area contributed by atoms with E-state index in [1.165, 1.54) is 22.4 Å². The Balaban J connectivity index is 2.44. The molecule has 0 amide bonds. The number of hydrogen-bond acceptors (Lipinski definition) is 2. The summed E-state index contributed by atoms with van der Waals surface area (Å²) in [7, 11) is 0. The van der Waals surface area contributed by atoms with Gasteiger partial charge < -0.3 is 5.73 Å². The van der Waals surface area contributed by atoms with Crippen molar-refractivity contribution in [3.8, 4) is 0 Å². The van der Waals surface area contributed by atoms with Gasteiger partial charge in [0.15, 0.2) is 0 Å². The van der Waals surface area contributed by atoms with Crippen LogP contribution in [0.2, 0.25) is 0 Å². The fourth-order valence-corrected chi connectivity index (χ4v) is 2.84. The van der Waals surface area contributed by atoms with Gasteiger partial charge in [0.2, 0.25) is 0 Å². The van der Waals surface area contributed by atoms with Crippen molar-refractivity contribution >= 4 is 11.8 Å². The van der Waals surface area contributed by atoms with Gasteiger partial charge in [0.05, 0.1) is 0 Å². The molecule has 0 heterocycles. The van der Waals surface area contributed by atoms with E-state index in [2.05, 4.69) is 45.9 Å². The summed E-state index contributed by atoms with van der Waals surface area (Å²) >= 11 is 1.97. The third-order valence-electron chi connectivity index (χ3n) is 2.77. The molecular weight excluding hydrogens is 226 g/mol. The maximum atomic E-state index is 6.19. The maximum Gasteiger partial charge on any atom is 0.0171 e. The molecule has 0 saturated heterocycles. The second-order valence-electron chi connectivity index (χ2n) is 5.33. The average molecular weight is 251 g/mol. The number of thioether (sulfide) groups is 1. The average Bonchev–Trinajstić information content (AvgIpc) is 2.23. The molecule has 2 N–H and O–H groups in total. The number of aryl methyl sites for hydroxylation is 2. The summed E-state index contributed by atoms with van der Waals surface area (Å²) in [6, 6.07) is 6.90. The summed E-state index contributed by atoms with van der Waals surface area (Å²) in [5.74, 6) is 3.03. The molecular formula is C15H25NS. The highest BCUT2D eigenvalue weighted by Gasteiger charge is 2.07. The monoisotopic (exact) mass is 251 g/mol. The van der Waals surface area contributed by atoms with E-state index < -0.39 is 0 Å². The van der Waals surface area contributed by atoms with Gasteiger partial charge in [-0.15, -0.1) is 0 Å². The fraction of sp³-hybridized carbons (Fsp3) is 0.600. The third kappa shape index (κ3) is 5.60. The summed E-state index contributed by atoms with van der Waals surface area (Å²) in [5, 5.41) is 0. The van der Waals surface area contributed by atoms with Crippen molar-refractivity contribution in [3.63, 3.8) is 0 Å². The van der Waals surface area contributed by atoms with Gasteiger partial charge in [-0.25, -0.2) is 0 Å². The maximum absolute atomic E-state index is 6.19. The SMILES string of the molecule is Cc1ccc(C)c(CC(N)CSCC(C)C)c1. The van der Waals surface area contributed by atoms with Crippen molar-refractivity contribution in [1.82, 2.24) is 0 Å². The summed E-state index contributed by atoms with van der Waals surface area (Å²) in [6.07, 6.45) is 0.999. The molecule has 0 bridgehead atoms. The Labute approximate surface area is 110 Å². The molecule has 96 valence electrons. The van der Waals surface area contributed by atoms with Crippen LogP contribution in [0.5, 0.6) is 0 Å². The molecule has 0 radical (unpaired) electrons. The lowest BCUT2D eigenvalue weighted by Gasteiger charge is -2.14. The van der Waals surface area contributed by atoms with Gasteiger partial charge >= 0.3 is 0 Å². The van der Waals surface area contributed by atoms with Crippen LogP contribution in [0.3, 0.4) is 0 Å². The lowest BCUT2D eigenvalue weighted by molar-refractivity contribution is 0.729.